The molecule has 1 atom stereocenters. The standard InChI is InChI=1S/C14H15ClN4O2/c1-9-8-21-7-6-19(9)13-11(15)14(20)18-12(17-13)10-2-4-16-5-3-10/h2-5,9H,6-8H2,1H3,(H,17,18,20)/t9-/m0/s1. The molecule has 110 valence electrons. The molecule has 2 aromatic heterocycles. The van der Waals surface area contributed by atoms with Crippen LogP contribution in [-0.4, -0.2) is 40.8 Å². The van der Waals surface area contributed by atoms with Crippen LogP contribution in [-0.2, 0) is 4.74 Å². The second-order valence-corrected chi connectivity index (χ2v) is 5.28. The Morgan fingerprint density at radius 1 is 1.43 bits per heavy atom. The van der Waals surface area contributed by atoms with Crippen LogP contribution in [0.15, 0.2) is 29.3 Å². The molecule has 2 aromatic rings. The number of anilines is 1. The molecule has 0 bridgehead atoms. The maximum Gasteiger partial charge on any atom is 0.272 e. The van der Waals surface area contributed by atoms with Crippen LogP contribution in [0.4, 0.5) is 5.82 Å². The number of aromatic nitrogens is 3. The highest BCUT2D eigenvalue weighted by Crippen LogP contribution is 2.25. The summed E-state index contributed by atoms with van der Waals surface area (Å²) in [4.78, 5) is 25.3. The molecular formula is C14H15ClN4O2. The van der Waals surface area contributed by atoms with E-state index < -0.39 is 0 Å². The number of hydrogen-bond donors (Lipinski definition) is 1. The lowest BCUT2D eigenvalue weighted by Crippen LogP contribution is -2.44. The first kappa shape index (κ1) is 14.0. The average molecular weight is 307 g/mol. The quantitative estimate of drug-likeness (QED) is 0.914. The number of aromatic amines is 1. The maximum absolute atomic E-state index is 12.1. The van der Waals surface area contributed by atoms with E-state index in [0.29, 0.717) is 31.4 Å². The van der Waals surface area contributed by atoms with E-state index in [1.54, 1.807) is 24.5 Å². The summed E-state index contributed by atoms with van der Waals surface area (Å²) in [6.07, 6.45) is 3.31. The first-order valence-electron chi connectivity index (χ1n) is 6.71. The normalized spacial score (nSPS) is 18.8. The Labute approximate surface area is 126 Å². The Hall–Kier alpha value is -1.92. The Bertz CT molecular complexity index is 689. The molecule has 0 aromatic carbocycles. The zero-order valence-electron chi connectivity index (χ0n) is 11.5. The van der Waals surface area contributed by atoms with E-state index in [4.69, 9.17) is 16.3 Å². The van der Waals surface area contributed by atoms with Crippen molar-refractivity contribution in [3.05, 3.63) is 39.9 Å². The van der Waals surface area contributed by atoms with Crippen molar-refractivity contribution >= 4 is 17.4 Å². The number of ether oxygens (including phenoxy) is 1. The minimum Gasteiger partial charge on any atom is -0.377 e. The number of nitrogens with one attached hydrogen (secondary N) is 1. The largest absolute Gasteiger partial charge is 0.377 e. The highest BCUT2D eigenvalue weighted by Gasteiger charge is 2.24. The number of morpholine rings is 1. The monoisotopic (exact) mass is 306 g/mol. The van der Waals surface area contributed by atoms with E-state index in [2.05, 4.69) is 15.0 Å². The van der Waals surface area contributed by atoms with Crippen molar-refractivity contribution in [2.45, 2.75) is 13.0 Å². The van der Waals surface area contributed by atoms with Gasteiger partial charge >= 0.3 is 0 Å². The molecule has 0 aliphatic carbocycles. The van der Waals surface area contributed by atoms with Crippen LogP contribution in [0.3, 0.4) is 0 Å². The molecule has 3 heterocycles. The summed E-state index contributed by atoms with van der Waals surface area (Å²) < 4.78 is 5.41. The zero-order chi connectivity index (χ0) is 14.8. The van der Waals surface area contributed by atoms with Gasteiger partial charge < -0.3 is 14.6 Å². The van der Waals surface area contributed by atoms with E-state index >= 15 is 0 Å². The van der Waals surface area contributed by atoms with E-state index in [-0.39, 0.29) is 16.6 Å². The van der Waals surface area contributed by atoms with Crippen LogP contribution >= 0.6 is 11.6 Å². The lowest BCUT2D eigenvalue weighted by atomic mass is 10.2. The molecule has 7 heteroatoms. The maximum atomic E-state index is 12.1. The van der Waals surface area contributed by atoms with Gasteiger partial charge in [0.1, 0.15) is 10.8 Å². The second-order valence-electron chi connectivity index (χ2n) is 4.91. The molecule has 0 saturated carbocycles. The van der Waals surface area contributed by atoms with Gasteiger partial charge in [0.25, 0.3) is 5.56 Å². The van der Waals surface area contributed by atoms with Crippen LogP contribution in [0, 0.1) is 0 Å². The summed E-state index contributed by atoms with van der Waals surface area (Å²) in [5.74, 6) is 0.989. The topological polar surface area (TPSA) is 71.1 Å². The molecule has 6 nitrogen and oxygen atoms in total. The SMILES string of the molecule is C[C@H]1COCCN1c1nc(-c2ccncc2)[nH]c(=O)c1Cl. The van der Waals surface area contributed by atoms with Crippen molar-refractivity contribution in [2.75, 3.05) is 24.7 Å². The number of halogens is 1. The van der Waals surface area contributed by atoms with Crippen molar-refractivity contribution < 1.29 is 4.74 Å². The van der Waals surface area contributed by atoms with Crippen LogP contribution in [0.25, 0.3) is 11.4 Å². The average Bonchev–Trinajstić information content (AvgIpc) is 2.51. The lowest BCUT2D eigenvalue weighted by Gasteiger charge is -2.34. The summed E-state index contributed by atoms with van der Waals surface area (Å²) in [6.45, 7) is 3.87. The third-order valence-electron chi connectivity index (χ3n) is 3.44. The van der Waals surface area contributed by atoms with Gasteiger partial charge in [-0.25, -0.2) is 4.98 Å². The van der Waals surface area contributed by atoms with Crippen molar-refractivity contribution in [3.63, 3.8) is 0 Å². The van der Waals surface area contributed by atoms with Gasteiger partial charge in [0, 0.05) is 24.5 Å². The Kier molecular flexibility index (Phi) is 3.90. The van der Waals surface area contributed by atoms with Crippen LogP contribution in [0.5, 0.6) is 0 Å². The fourth-order valence-electron chi connectivity index (χ4n) is 2.33. The summed E-state index contributed by atoms with van der Waals surface area (Å²) >= 11 is 6.15. The van der Waals surface area contributed by atoms with Gasteiger partial charge in [-0.2, -0.15) is 0 Å². The molecular weight excluding hydrogens is 292 g/mol. The lowest BCUT2D eigenvalue weighted by molar-refractivity contribution is 0.0985. The molecule has 1 aliphatic heterocycles. The third kappa shape index (κ3) is 2.77. The minimum absolute atomic E-state index is 0.113. The summed E-state index contributed by atoms with van der Waals surface area (Å²) in [7, 11) is 0. The molecule has 0 spiro atoms. The zero-order valence-corrected chi connectivity index (χ0v) is 12.3. The van der Waals surface area contributed by atoms with E-state index in [1.807, 2.05) is 11.8 Å². The summed E-state index contributed by atoms with van der Waals surface area (Å²) in [5, 5.41) is 0.113. The van der Waals surface area contributed by atoms with Gasteiger partial charge in [-0.15, -0.1) is 0 Å². The molecule has 1 aliphatic rings. The Balaban J connectivity index is 2.08. The van der Waals surface area contributed by atoms with Gasteiger partial charge in [-0.3, -0.25) is 9.78 Å². The predicted molar refractivity (Wildman–Crippen MR) is 80.7 cm³/mol. The highest BCUT2D eigenvalue weighted by molar-refractivity contribution is 6.32. The van der Waals surface area contributed by atoms with Crippen molar-refractivity contribution in [3.8, 4) is 11.4 Å². The molecule has 0 amide bonds. The smallest absolute Gasteiger partial charge is 0.272 e. The number of H-pyrrole nitrogens is 1. The van der Waals surface area contributed by atoms with E-state index in [9.17, 15) is 4.79 Å². The number of rotatable bonds is 2. The van der Waals surface area contributed by atoms with Gasteiger partial charge in [0.05, 0.1) is 19.3 Å². The number of pyridine rings is 1. The minimum atomic E-state index is -0.341. The molecule has 1 N–H and O–H groups in total. The van der Waals surface area contributed by atoms with E-state index in [0.717, 1.165) is 5.56 Å². The highest BCUT2D eigenvalue weighted by atomic mass is 35.5. The molecule has 3 rings (SSSR count). The number of hydrogen-bond acceptors (Lipinski definition) is 5. The summed E-state index contributed by atoms with van der Waals surface area (Å²) in [6, 6.07) is 3.70. The predicted octanol–water partition coefficient (Wildman–Crippen LogP) is 1.71. The van der Waals surface area contributed by atoms with Crippen molar-refractivity contribution in [1.29, 1.82) is 0 Å². The molecule has 21 heavy (non-hydrogen) atoms. The van der Waals surface area contributed by atoms with Crippen molar-refractivity contribution in [2.24, 2.45) is 0 Å². The number of nitrogens with zero attached hydrogens (tertiary/aromatic N) is 3. The Morgan fingerprint density at radius 2 is 2.19 bits per heavy atom. The third-order valence-corrected chi connectivity index (χ3v) is 3.78. The second kappa shape index (κ2) is 5.83. The van der Waals surface area contributed by atoms with Gasteiger partial charge in [-0.05, 0) is 19.1 Å². The van der Waals surface area contributed by atoms with E-state index in [1.165, 1.54) is 0 Å². The fourth-order valence-corrected chi connectivity index (χ4v) is 2.52. The van der Waals surface area contributed by atoms with Crippen LogP contribution < -0.4 is 10.5 Å². The van der Waals surface area contributed by atoms with Gasteiger partial charge in [-0.1, -0.05) is 11.6 Å². The molecule has 0 radical (unpaired) electrons. The fraction of sp³-hybridized carbons (Fsp3) is 0.357. The molecule has 1 fully saturated rings. The van der Waals surface area contributed by atoms with Crippen LogP contribution in [0.1, 0.15) is 6.92 Å². The van der Waals surface area contributed by atoms with Crippen LogP contribution in [0.2, 0.25) is 5.02 Å². The van der Waals surface area contributed by atoms with Gasteiger partial charge in [0.2, 0.25) is 0 Å². The first-order chi connectivity index (χ1) is 10.2. The molecule has 0 unspecified atom stereocenters. The molecule has 1 saturated heterocycles. The van der Waals surface area contributed by atoms with Gasteiger partial charge in [0.15, 0.2) is 5.82 Å². The summed E-state index contributed by atoms with van der Waals surface area (Å²) in [5.41, 5.74) is 0.452. The van der Waals surface area contributed by atoms with Crippen molar-refractivity contribution in [1.82, 2.24) is 15.0 Å². The first-order valence-corrected chi connectivity index (χ1v) is 7.09. The Morgan fingerprint density at radius 3 is 2.90 bits per heavy atom.